The number of ether oxygens (including phenoxy) is 1. The monoisotopic (exact) mass is 262 g/mol. The third kappa shape index (κ3) is 2.24. The van der Waals surface area contributed by atoms with Gasteiger partial charge in [0.15, 0.2) is 5.69 Å². The summed E-state index contributed by atoms with van der Waals surface area (Å²) < 4.78 is 6.70. The van der Waals surface area contributed by atoms with Gasteiger partial charge < -0.3 is 14.9 Å². The van der Waals surface area contributed by atoms with Gasteiger partial charge in [0, 0.05) is 12.6 Å². The highest BCUT2D eigenvalue weighted by Gasteiger charge is 2.17. The van der Waals surface area contributed by atoms with Crippen LogP contribution in [0, 0.1) is 6.92 Å². The lowest BCUT2D eigenvalue weighted by Gasteiger charge is -2.11. The van der Waals surface area contributed by atoms with Gasteiger partial charge in [-0.2, -0.15) is 5.10 Å². The molecule has 1 heterocycles. The first-order valence-electron chi connectivity index (χ1n) is 5.59. The molecule has 0 unspecified atom stereocenters. The molecular weight excluding hydrogens is 248 g/mol. The van der Waals surface area contributed by atoms with Crippen molar-refractivity contribution in [1.82, 2.24) is 9.78 Å². The van der Waals surface area contributed by atoms with E-state index >= 15 is 0 Å². The van der Waals surface area contributed by atoms with Crippen LogP contribution in [0.15, 0.2) is 18.2 Å². The van der Waals surface area contributed by atoms with Crippen LogP contribution >= 0.6 is 0 Å². The van der Waals surface area contributed by atoms with Crippen molar-refractivity contribution in [2.75, 3.05) is 7.11 Å². The SMILES string of the molecule is COc1cc(C)c(O)cc1-c1cc(C(=O)O)nn1C. The molecule has 6 nitrogen and oxygen atoms in total. The molecule has 1 aromatic heterocycles. The predicted octanol–water partition coefficient (Wildman–Crippen LogP) is 1.81. The summed E-state index contributed by atoms with van der Waals surface area (Å²) >= 11 is 0. The number of phenolic OH excluding ortho intramolecular Hbond substituents is 1. The quantitative estimate of drug-likeness (QED) is 0.881. The minimum absolute atomic E-state index is 0.0559. The third-order valence-corrected chi connectivity index (χ3v) is 2.89. The number of carbonyl (C=O) groups is 1. The summed E-state index contributed by atoms with van der Waals surface area (Å²) in [5.74, 6) is -0.429. The zero-order chi connectivity index (χ0) is 14.2. The van der Waals surface area contributed by atoms with Gasteiger partial charge in [0.1, 0.15) is 11.5 Å². The fraction of sp³-hybridized carbons (Fsp3) is 0.231. The molecule has 0 saturated carbocycles. The summed E-state index contributed by atoms with van der Waals surface area (Å²) in [5, 5.41) is 22.6. The number of hydrogen-bond acceptors (Lipinski definition) is 4. The molecule has 0 bridgehead atoms. The van der Waals surface area contributed by atoms with Gasteiger partial charge in [0.2, 0.25) is 0 Å². The lowest BCUT2D eigenvalue weighted by atomic mass is 10.1. The Hall–Kier alpha value is -2.50. The van der Waals surface area contributed by atoms with Gasteiger partial charge in [-0.3, -0.25) is 4.68 Å². The molecule has 2 N–H and O–H groups in total. The predicted molar refractivity (Wildman–Crippen MR) is 68.6 cm³/mol. The van der Waals surface area contributed by atoms with Crippen molar-refractivity contribution in [1.29, 1.82) is 0 Å². The molecule has 1 aromatic carbocycles. The molecule has 6 heteroatoms. The van der Waals surface area contributed by atoms with Gasteiger partial charge in [0.25, 0.3) is 0 Å². The minimum atomic E-state index is -1.10. The highest BCUT2D eigenvalue weighted by molar-refractivity contribution is 5.87. The molecule has 0 aliphatic heterocycles. The largest absolute Gasteiger partial charge is 0.508 e. The number of hydrogen-bond donors (Lipinski definition) is 2. The van der Waals surface area contributed by atoms with E-state index in [1.54, 1.807) is 20.0 Å². The fourth-order valence-electron chi connectivity index (χ4n) is 1.86. The molecule has 0 saturated heterocycles. The minimum Gasteiger partial charge on any atom is -0.508 e. The zero-order valence-corrected chi connectivity index (χ0v) is 10.8. The van der Waals surface area contributed by atoms with Crippen LogP contribution in [0.5, 0.6) is 11.5 Å². The van der Waals surface area contributed by atoms with Gasteiger partial charge in [-0.25, -0.2) is 4.79 Å². The van der Waals surface area contributed by atoms with Crippen molar-refractivity contribution in [2.24, 2.45) is 7.05 Å². The van der Waals surface area contributed by atoms with Crippen molar-refractivity contribution in [3.8, 4) is 22.8 Å². The van der Waals surface area contributed by atoms with E-state index in [0.29, 0.717) is 22.6 Å². The van der Waals surface area contributed by atoms with Crippen LogP contribution in [-0.4, -0.2) is 33.1 Å². The van der Waals surface area contributed by atoms with E-state index in [4.69, 9.17) is 9.84 Å². The Morgan fingerprint density at radius 3 is 2.58 bits per heavy atom. The number of rotatable bonds is 3. The van der Waals surface area contributed by atoms with Crippen molar-refractivity contribution in [3.05, 3.63) is 29.5 Å². The molecule has 2 rings (SSSR count). The van der Waals surface area contributed by atoms with Crippen molar-refractivity contribution >= 4 is 5.97 Å². The number of aromatic carboxylic acids is 1. The maximum atomic E-state index is 10.9. The maximum absolute atomic E-state index is 10.9. The number of nitrogens with zero attached hydrogens (tertiary/aromatic N) is 2. The number of benzene rings is 1. The lowest BCUT2D eigenvalue weighted by molar-refractivity contribution is 0.0689. The van der Waals surface area contributed by atoms with Crippen LogP contribution in [-0.2, 0) is 7.05 Å². The summed E-state index contributed by atoms with van der Waals surface area (Å²) in [6.07, 6.45) is 0. The van der Waals surface area contributed by atoms with E-state index in [9.17, 15) is 9.90 Å². The Kier molecular flexibility index (Phi) is 3.16. The van der Waals surface area contributed by atoms with Gasteiger partial charge in [-0.1, -0.05) is 0 Å². The molecule has 0 aliphatic rings. The number of methoxy groups -OCH3 is 1. The smallest absolute Gasteiger partial charge is 0.356 e. The maximum Gasteiger partial charge on any atom is 0.356 e. The summed E-state index contributed by atoms with van der Waals surface area (Å²) in [4.78, 5) is 10.9. The summed E-state index contributed by atoms with van der Waals surface area (Å²) in [7, 11) is 3.15. The molecule has 0 fully saturated rings. The van der Waals surface area contributed by atoms with Gasteiger partial charge in [0.05, 0.1) is 12.8 Å². The summed E-state index contributed by atoms with van der Waals surface area (Å²) in [6.45, 7) is 1.76. The van der Waals surface area contributed by atoms with E-state index < -0.39 is 5.97 Å². The van der Waals surface area contributed by atoms with E-state index in [-0.39, 0.29) is 11.4 Å². The van der Waals surface area contributed by atoms with E-state index in [0.717, 1.165) is 0 Å². The molecule has 0 aliphatic carbocycles. The summed E-state index contributed by atoms with van der Waals surface area (Å²) in [6, 6.07) is 4.67. The third-order valence-electron chi connectivity index (χ3n) is 2.89. The van der Waals surface area contributed by atoms with E-state index in [1.165, 1.54) is 23.9 Å². The topological polar surface area (TPSA) is 84.6 Å². The highest BCUT2D eigenvalue weighted by atomic mass is 16.5. The Morgan fingerprint density at radius 2 is 2.05 bits per heavy atom. The second kappa shape index (κ2) is 4.64. The van der Waals surface area contributed by atoms with E-state index in [2.05, 4.69) is 5.10 Å². The van der Waals surface area contributed by atoms with Crippen LogP contribution < -0.4 is 4.74 Å². The molecule has 2 aromatic rings. The molecule has 0 atom stereocenters. The van der Waals surface area contributed by atoms with Gasteiger partial charge in [-0.15, -0.1) is 0 Å². The first-order valence-corrected chi connectivity index (χ1v) is 5.59. The van der Waals surface area contributed by atoms with Crippen LogP contribution in [0.3, 0.4) is 0 Å². The zero-order valence-electron chi connectivity index (χ0n) is 10.8. The number of carboxylic acids is 1. The van der Waals surface area contributed by atoms with Crippen LogP contribution in [0.2, 0.25) is 0 Å². The molecule has 19 heavy (non-hydrogen) atoms. The number of carboxylic acid groups (broad SMARTS) is 1. The molecule has 0 spiro atoms. The standard InChI is InChI=1S/C13H14N2O4/c1-7-4-12(19-3)8(5-11(7)16)10-6-9(13(17)18)14-15(10)2/h4-6,16H,1-3H3,(H,17,18). The molecule has 0 radical (unpaired) electrons. The van der Waals surface area contributed by atoms with Crippen LogP contribution in [0.4, 0.5) is 0 Å². The second-order valence-electron chi connectivity index (χ2n) is 4.18. The molecule has 100 valence electrons. The second-order valence-corrected chi connectivity index (χ2v) is 4.18. The van der Waals surface area contributed by atoms with Crippen molar-refractivity contribution in [3.63, 3.8) is 0 Å². The van der Waals surface area contributed by atoms with Gasteiger partial charge >= 0.3 is 5.97 Å². The Labute approximate surface area is 109 Å². The number of phenols is 1. The Morgan fingerprint density at radius 1 is 1.37 bits per heavy atom. The first kappa shape index (κ1) is 12.9. The van der Waals surface area contributed by atoms with Crippen molar-refractivity contribution in [2.45, 2.75) is 6.92 Å². The highest BCUT2D eigenvalue weighted by Crippen LogP contribution is 2.35. The number of aromatic hydroxyl groups is 1. The van der Waals surface area contributed by atoms with Crippen molar-refractivity contribution < 1.29 is 19.7 Å². The first-order chi connectivity index (χ1) is 8.93. The molecular formula is C13H14N2O4. The van der Waals surface area contributed by atoms with Gasteiger partial charge in [-0.05, 0) is 30.7 Å². The average Bonchev–Trinajstić information content (AvgIpc) is 2.74. The van der Waals surface area contributed by atoms with Crippen LogP contribution in [0.25, 0.3) is 11.3 Å². The van der Waals surface area contributed by atoms with Crippen LogP contribution in [0.1, 0.15) is 16.1 Å². The number of aromatic nitrogens is 2. The van der Waals surface area contributed by atoms with E-state index in [1.807, 2.05) is 0 Å². The normalized spacial score (nSPS) is 10.5. The summed E-state index contributed by atoms with van der Waals surface area (Å²) in [5.41, 5.74) is 1.78. The number of aryl methyl sites for hydroxylation is 2. The Balaban J connectivity index is 2.64. The fourth-order valence-corrected chi connectivity index (χ4v) is 1.86. The average molecular weight is 262 g/mol. The lowest BCUT2D eigenvalue weighted by Crippen LogP contribution is -1.99. The molecule has 0 amide bonds. The Bertz CT molecular complexity index is 646.